The lowest BCUT2D eigenvalue weighted by Gasteiger charge is -2.22. The topological polar surface area (TPSA) is 68.4 Å². The number of methoxy groups -OCH3 is 1. The van der Waals surface area contributed by atoms with E-state index in [9.17, 15) is 5.11 Å². The van der Waals surface area contributed by atoms with E-state index in [-0.39, 0.29) is 11.4 Å². The van der Waals surface area contributed by atoms with Gasteiger partial charge in [-0.15, -0.1) is 0 Å². The van der Waals surface area contributed by atoms with Gasteiger partial charge in [-0.05, 0) is 55.9 Å². The van der Waals surface area contributed by atoms with E-state index in [1.807, 2.05) is 13.0 Å². The average Bonchev–Trinajstić information content (AvgIpc) is 3.11. The maximum Gasteiger partial charge on any atom is 0.231 e. The number of aromatic nitrogens is 2. The first-order chi connectivity index (χ1) is 10.1. The zero-order valence-corrected chi connectivity index (χ0v) is 12.4. The van der Waals surface area contributed by atoms with E-state index in [0.29, 0.717) is 18.1 Å². The number of rotatable bonds is 4. The number of hydrogen-bond acceptors (Lipinski definition) is 5. The van der Waals surface area contributed by atoms with Crippen LogP contribution in [0, 0.1) is 6.92 Å². The van der Waals surface area contributed by atoms with Crippen LogP contribution in [-0.4, -0.2) is 22.4 Å². The molecule has 1 aromatic carbocycles. The first-order valence-electron chi connectivity index (χ1n) is 7.30. The van der Waals surface area contributed by atoms with Crippen molar-refractivity contribution >= 4 is 0 Å². The van der Waals surface area contributed by atoms with E-state index in [2.05, 4.69) is 10.1 Å². The first kappa shape index (κ1) is 14.1. The number of phenols is 1. The third-order valence-electron chi connectivity index (χ3n) is 4.35. The smallest absolute Gasteiger partial charge is 0.231 e. The van der Waals surface area contributed by atoms with Crippen LogP contribution in [0.2, 0.25) is 0 Å². The van der Waals surface area contributed by atoms with Gasteiger partial charge in [0.25, 0.3) is 0 Å². The summed E-state index contributed by atoms with van der Waals surface area (Å²) in [6.45, 7) is 1.96. The summed E-state index contributed by atoms with van der Waals surface area (Å²) in [6, 6.07) is 5.30. The van der Waals surface area contributed by atoms with Crippen molar-refractivity contribution < 1.29 is 14.4 Å². The Morgan fingerprint density at radius 3 is 2.76 bits per heavy atom. The zero-order valence-electron chi connectivity index (χ0n) is 12.4. The molecule has 0 aliphatic heterocycles. The van der Waals surface area contributed by atoms with Gasteiger partial charge < -0.3 is 14.4 Å². The lowest BCUT2D eigenvalue weighted by molar-refractivity contribution is -0.0178. The number of aryl methyl sites for hydroxylation is 1. The van der Waals surface area contributed by atoms with E-state index in [4.69, 9.17) is 9.26 Å². The molecule has 1 heterocycles. The summed E-state index contributed by atoms with van der Waals surface area (Å²) in [7, 11) is 1.71. The third kappa shape index (κ3) is 2.65. The van der Waals surface area contributed by atoms with Crippen molar-refractivity contribution in [3.63, 3.8) is 0 Å². The fourth-order valence-corrected chi connectivity index (χ4v) is 3.02. The molecule has 1 fully saturated rings. The maximum atomic E-state index is 9.45. The van der Waals surface area contributed by atoms with Crippen LogP contribution >= 0.6 is 0 Å². The van der Waals surface area contributed by atoms with Gasteiger partial charge in [0, 0.05) is 7.11 Å². The number of benzene rings is 1. The second-order valence-electron chi connectivity index (χ2n) is 5.70. The van der Waals surface area contributed by atoms with Crippen molar-refractivity contribution in [1.82, 2.24) is 10.1 Å². The Morgan fingerprint density at radius 2 is 2.10 bits per heavy atom. The summed E-state index contributed by atoms with van der Waals surface area (Å²) in [6.07, 6.45) is 4.73. The van der Waals surface area contributed by atoms with Gasteiger partial charge in [0.15, 0.2) is 0 Å². The van der Waals surface area contributed by atoms with Crippen LogP contribution in [0.15, 0.2) is 22.7 Å². The van der Waals surface area contributed by atoms with Gasteiger partial charge in [-0.25, -0.2) is 0 Å². The summed E-state index contributed by atoms with van der Waals surface area (Å²) < 4.78 is 11.1. The van der Waals surface area contributed by atoms with Crippen molar-refractivity contribution in [3.8, 4) is 5.75 Å². The quantitative estimate of drug-likeness (QED) is 0.936. The second-order valence-corrected chi connectivity index (χ2v) is 5.70. The van der Waals surface area contributed by atoms with Crippen molar-refractivity contribution in [1.29, 1.82) is 0 Å². The Balaban J connectivity index is 1.82. The standard InChI is InChI=1S/C16H20N2O3/c1-11-9-13(19)6-5-12(11)10-14-17-15(18-21-14)16(20-2)7-3-4-8-16/h5-6,9,19H,3-4,7-8,10H2,1-2H3. The Hall–Kier alpha value is -1.88. The monoisotopic (exact) mass is 288 g/mol. The maximum absolute atomic E-state index is 9.45. The van der Waals surface area contributed by atoms with Gasteiger partial charge in [0.05, 0.1) is 6.42 Å². The molecule has 112 valence electrons. The van der Waals surface area contributed by atoms with Gasteiger partial charge in [0.1, 0.15) is 11.4 Å². The van der Waals surface area contributed by atoms with Crippen LogP contribution in [0.1, 0.15) is 48.5 Å². The zero-order chi connectivity index (χ0) is 14.9. The highest BCUT2D eigenvalue weighted by molar-refractivity contribution is 5.35. The lowest BCUT2D eigenvalue weighted by Crippen LogP contribution is -2.26. The van der Waals surface area contributed by atoms with E-state index in [1.54, 1.807) is 19.2 Å². The highest BCUT2D eigenvalue weighted by atomic mass is 16.5. The number of aromatic hydroxyl groups is 1. The van der Waals surface area contributed by atoms with Crippen molar-refractivity contribution in [2.24, 2.45) is 0 Å². The van der Waals surface area contributed by atoms with Gasteiger partial charge >= 0.3 is 0 Å². The molecule has 0 radical (unpaired) electrons. The highest BCUT2D eigenvalue weighted by Crippen LogP contribution is 2.40. The van der Waals surface area contributed by atoms with Crippen molar-refractivity contribution in [3.05, 3.63) is 41.0 Å². The number of nitrogens with zero attached hydrogens (tertiary/aromatic N) is 2. The predicted molar refractivity (Wildman–Crippen MR) is 77.1 cm³/mol. The van der Waals surface area contributed by atoms with Crippen molar-refractivity contribution in [2.75, 3.05) is 7.11 Å². The average molecular weight is 288 g/mol. The summed E-state index contributed by atoms with van der Waals surface area (Å²) in [4.78, 5) is 4.53. The largest absolute Gasteiger partial charge is 0.508 e. The SMILES string of the molecule is COC1(c2noc(Cc3ccc(O)cc3C)n2)CCCC1. The second kappa shape index (κ2) is 5.48. The van der Waals surface area contributed by atoms with Gasteiger partial charge in [-0.1, -0.05) is 11.2 Å². The molecule has 5 nitrogen and oxygen atoms in total. The van der Waals surface area contributed by atoms with Crippen LogP contribution in [0.4, 0.5) is 0 Å². The summed E-state index contributed by atoms with van der Waals surface area (Å²) in [5.41, 5.74) is 1.71. The molecule has 5 heteroatoms. The van der Waals surface area contributed by atoms with E-state index < -0.39 is 0 Å². The van der Waals surface area contributed by atoms with Gasteiger partial charge in [-0.2, -0.15) is 4.98 Å². The molecular formula is C16H20N2O3. The Kier molecular flexibility index (Phi) is 3.68. The third-order valence-corrected chi connectivity index (χ3v) is 4.35. The van der Waals surface area contributed by atoms with Gasteiger partial charge in [-0.3, -0.25) is 0 Å². The lowest BCUT2D eigenvalue weighted by atomic mass is 10.0. The van der Waals surface area contributed by atoms with Crippen molar-refractivity contribution in [2.45, 2.75) is 44.6 Å². The van der Waals surface area contributed by atoms with Crippen LogP contribution in [0.3, 0.4) is 0 Å². The number of hydrogen-bond donors (Lipinski definition) is 1. The molecule has 0 unspecified atom stereocenters. The fourth-order valence-electron chi connectivity index (χ4n) is 3.02. The van der Waals surface area contributed by atoms with Crippen LogP contribution in [0.5, 0.6) is 5.75 Å². The molecule has 1 N–H and O–H groups in total. The minimum Gasteiger partial charge on any atom is -0.508 e. The summed E-state index contributed by atoms with van der Waals surface area (Å²) >= 11 is 0. The van der Waals surface area contributed by atoms with Crippen LogP contribution < -0.4 is 0 Å². The summed E-state index contributed by atoms with van der Waals surface area (Å²) in [5, 5.41) is 13.6. The Labute approximate surface area is 123 Å². The summed E-state index contributed by atoms with van der Waals surface area (Å²) in [5.74, 6) is 1.52. The minimum atomic E-state index is -0.369. The number of phenolic OH excluding ortho intramolecular Hbond substituents is 1. The molecule has 0 amide bonds. The van der Waals surface area contributed by atoms with Gasteiger partial charge in [0.2, 0.25) is 11.7 Å². The van der Waals surface area contributed by atoms with E-state index in [1.165, 1.54) is 0 Å². The molecule has 2 aromatic rings. The predicted octanol–water partition coefficient (Wildman–Crippen LogP) is 3.09. The molecule has 0 bridgehead atoms. The molecule has 21 heavy (non-hydrogen) atoms. The molecular weight excluding hydrogens is 268 g/mol. The normalized spacial score (nSPS) is 17.2. The fraction of sp³-hybridized carbons (Fsp3) is 0.500. The molecule has 0 spiro atoms. The van der Waals surface area contributed by atoms with Crippen LogP contribution in [-0.2, 0) is 16.8 Å². The molecule has 3 rings (SSSR count). The molecule has 0 atom stereocenters. The minimum absolute atomic E-state index is 0.270. The number of ether oxygens (including phenoxy) is 1. The molecule has 1 aliphatic rings. The molecule has 1 aliphatic carbocycles. The first-order valence-corrected chi connectivity index (χ1v) is 7.30. The van der Waals surface area contributed by atoms with E-state index >= 15 is 0 Å². The highest BCUT2D eigenvalue weighted by Gasteiger charge is 2.40. The Morgan fingerprint density at radius 1 is 1.33 bits per heavy atom. The molecule has 1 aromatic heterocycles. The van der Waals surface area contributed by atoms with E-state index in [0.717, 1.165) is 36.8 Å². The molecule has 0 saturated heterocycles. The molecule has 1 saturated carbocycles. The van der Waals surface area contributed by atoms with Crippen LogP contribution in [0.25, 0.3) is 0 Å². The Bertz CT molecular complexity index is 630.